The Bertz CT molecular complexity index is 462. The summed E-state index contributed by atoms with van der Waals surface area (Å²) in [6.07, 6.45) is 9.31. The molecule has 26 heavy (non-hydrogen) atoms. The van der Waals surface area contributed by atoms with Gasteiger partial charge in [0.1, 0.15) is 0 Å². The summed E-state index contributed by atoms with van der Waals surface area (Å²) in [6, 6.07) is 0. The lowest BCUT2D eigenvalue weighted by Crippen LogP contribution is -2.22. The molecule has 0 rings (SSSR count). The molecule has 156 valence electrons. The van der Waals surface area contributed by atoms with Crippen LogP contribution in [0.4, 0.5) is 0 Å². The van der Waals surface area contributed by atoms with E-state index in [1.165, 1.54) is 44.9 Å². The Hall–Kier alpha value is -1.23. The van der Waals surface area contributed by atoms with E-state index >= 15 is 0 Å². The number of aliphatic hydroxyl groups is 1. The first-order chi connectivity index (χ1) is 12.1. The Labute approximate surface area is 155 Å². The lowest BCUT2D eigenvalue weighted by atomic mass is 10.1. The molecular weight excluding hydrogens is 368 g/mol. The molecule has 0 aliphatic heterocycles. The van der Waals surface area contributed by atoms with Crippen LogP contribution in [0.1, 0.15) is 77.6 Å². The maximum Gasteiger partial charge on any atom is 0.397 e. The number of aliphatic carboxylic acids is 2. The molecule has 1 atom stereocenters. The molecule has 0 aliphatic rings. The first-order valence-corrected chi connectivity index (χ1v) is 10.2. The van der Waals surface area contributed by atoms with Crippen LogP contribution in [0.25, 0.3) is 0 Å². The van der Waals surface area contributed by atoms with Gasteiger partial charge in [-0.15, -0.1) is 0 Å². The Morgan fingerprint density at radius 1 is 0.885 bits per heavy atom. The van der Waals surface area contributed by atoms with Crippen LogP contribution in [0.2, 0.25) is 0 Å². The maximum atomic E-state index is 10.2. The van der Waals surface area contributed by atoms with Gasteiger partial charge >= 0.3 is 22.3 Å². The van der Waals surface area contributed by atoms with Crippen molar-refractivity contribution in [1.29, 1.82) is 0 Å². The fraction of sp³-hybridized carbons (Fsp3) is 0.875. The average molecular weight is 400 g/mol. The third-order valence-corrected chi connectivity index (χ3v) is 3.85. The molecule has 0 fully saturated rings. The van der Waals surface area contributed by atoms with Gasteiger partial charge in [0.2, 0.25) is 0 Å². The molecule has 0 aromatic carbocycles. The molecule has 0 saturated carbocycles. The molecule has 9 nitrogen and oxygen atoms in total. The topological polar surface area (TPSA) is 158 Å². The van der Waals surface area contributed by atoms with Gasteiger partial charge < -0.3 is 15.3 Å². The maximum absolute atomic E-state index is 10.2. The minimum absolute atomic E-state index is 0.0926. The lowest BCUT2D eigenvalue weighted by molar-refractivity contribution is -0.152. The van der Waals surface area contributed by atoms with E-state index in [1.54, 1.807) is 0 Å². The summed E-state index contributed by atoms with van der Waals surface area (Å²) in [5.41, 5.74) is 0. The van der Waals surface area contributed by atoms with Crippen LogP contribution < -0.4 is 0 Å². The zero-order valence-electron chi connectivity index (χ0n) is 15.3. The molecule has 0 heterocycles. The molecule has 0 amide bonds. The molecule has 0 bridgehead atoms. The van der Waals surface area contributed by atoms with E-state index in [4.69, 9.17) is 19.9 Å². The van der Waals surface area contributed by atoms with E-state index in [-0.39, 0.29) is 6.61 Å². The van der Waals surface area contributed by atoms with Gasteiger partial charge in [0.15, 0.2) is 6.10 Å². The van der Waals surface area contributed by atoms with Crippen molar-refractivity contribution in [3.63, 3.8) is 0 Å². The van der Waals surface area contributed by atoms with Crippen LogP contribution in [0, 0.1) is 0 Å². The summed E-state index contributed by atoms with van der Waals surface area (Å²) in [6.45, 7) is 2.31. The van der Waals surface area contributed by atoms with Crippen LogP contribution in [0.5, 0.6) is 0 Å². The number of unbranched alkanes of at least 4 members (excludes halogenated alkanes) is 9. The summed E-state index contributed by atoms with van der Waals surface area (Å²) in [7, 11) is -4.23. The monoisotopic (exact) mass is 400 g/mol. The van der Waals surface area contributed by atoms with Gasteiger partial charge in [0.25, 0.3) is 0 Å². The number of hydrogen-bond donors (Lipinski definition) is 4. The second kappa shape index (κ2) is 17.2. The number of hydrogen-bond acceptors (Lipinski definition) is 6. The van der Waals surface area contributed by atoms with E-state index < -0.39 is 34.9 Å². The molecule has 0 aromatic rings. The second-order valence-electron chi connectivity index (χ2n) is 5.88. The summed E-state index contributed by atoms with van der Waals surface area (Å²) < 4.78 is 33.0. The van der Waals surface area contributed by atoms with Crippen LogP contribution >= 0.6 is 0 Å². The van der Waals surface area contributed by atoms with Gasteiger partial charge in [-0.05, 0) is 6.42 Å². The normalized spacial score (nSPS) is 12.1. The van der Waals surface area contributed by atoms with Crippen molar-refractivity contribution in [2.75, 3.05) is 6.61 Å². The molecule has 0 radical (unpaired) electrons. The van der Waals surface area contributed by atoms with Crippen LogP contribution in [0.15, 0.2) is 0 Å². The number of rotatable bonds is 15. The predicted molar refractivity (Wildman–Crippen MR) is 95.2 cm³/mol. The van der Waals surface area contributed by atoms with E-state index in [0.717, 1.165) is 12.8 Å². The molecular formula is C16H32O9S. The minimum Gasteiger partial charge on any atom is -0.481 e. The Balaban J connectivity index is 0. The van der Waals surface area contributed by atoms with Crippen molar-refractivity contribution >= 4 is 22.3 Å². The highest BCUT2D eigenvalue weighted by molar-refractivity contribution is 7.80. The van der Waals surface area contributed by atoms with Crippen LogP contribution in [0.3, 0.4) is 0 Å². The number of carboxylic acids is 2. The van der Waals surface area contributed by atoms with Crippen LogP contribution in [-0.4, -0.2) is 52.9 Å². The summed E-state index contributed by atoms with van der Waals surface area (Å²) in [5.74, 6) is -2.85. The molecule has 0 spiro atoms. The second-order valence-corrected chi connectivity index (χ2v) is 6.97. The largest absolute Gasteiger partial charge is 0.481 e. The van der Waals surface area contributed by atoms with Crippen molar-refractivity contribution in [2.24, 2.45) is 0 Å². The van der Waals surface area contributed by atoms with Crippen LogP contribution in [-0.2, 0) is 24.2 Å². The lowest BCUT2D eigenvalue weighted by Gasteiger charge is -2.02. The third kappa shape index (κ3) is 25.0. The molecule has 1 unspecified atom stereocenters. The highest BCUT2D eigenvalue weighted by atomic mass is 32.3. The number of carboxylic acid groups (broad SMARTS) is 2. The van der Waals surface area contributed by atoms with Crippen molar-refractivity contribution < 1.29 is 42.1 Å². The van der Waals surface area contributed by atoms with Gasteiger partial charge in [-0.1, -0.05) is 64.7 Å². The molecule has 0 saturated heterocycles. The number of aliphatic hydroxyl groups excluding tert-OH is 1. The third-order valence-electron chi connectivity index (χ3n) is 3.38. The molecule has 0 aromatic heterocycles. The van der Waals surface area contributed by atoms with E-state index in [1.807, 2.05) is 0 Å². The van der Waals surface area contributed by atoms with Gasteiger partial charge in [0, 0.05) is 0 Å². The van der Waals surface area contributed by atoms with Crippen molar-refractivity contribution in [3.05, 3.63) is 0 Å². The Kier molecular flexibility index (Phi) is 17.9. The molecule has 0 aliphatic carbocycles. The van der Waals surface area contributed by atoms with Crippen molar-refractivity contribution in [2.45, 2.75) is 83.7 Å². The molecule has 10 heteroatoms. The van der Waals surface area contributed by atoms with E-state index in [2.05, 4.69) is 11.1 Å². The smallest absolute Gasteiger partial charge is 0.397 e. The minimum atomic E-state index is -4.23. The highest BCUT2D eigenvalue weighted by Gasteiger charge is 2.16. The van der Waals surface area contributed by atoms with Gasteiger partial charge in [-0.3, -0.25) is 9.35 Å². The number of carbonyl (C=O) groups is 2. The fourth-order valence-corrected chi connectivity index (χ4v) is 2.33. The van der Waals surface area contributed by atoms with Crippen molar-refractivity contribution in [1.82, 2.24) is 0 Å². The zero-order valence-corrected chi connectivity index (χ0v) is 16.1. The first-order valence-electron chi connectivity index (χ1n) is 8.84. The van der Waals surface area contributed by atoms with Gasteiger partial charge in [0.05, 0.1) is 13.0 Å². The predicted octanol–water partition coefficient (Wildman–Crippen LogP) is 2.63. The van der Waals surface area contributed by atoms with Gasteiger partial charge in [-0.25, -0.2) is 8.98 Å². The SMILES string of the molecule is CCCCCCCCCCCCOS(=O)(=O)O.O=C(O)CC(O)C(=O)O. The van der Waals surface area contributed by atoms with Crippen molar-refractivity contribution in [3.8, 4) is 0 Å². The zero-order chi connectivity index (χ0) is 20.4. The Morgan fingerprint density at radius 2 is 1.31 bits per heavy atom. The highest BCUT2D eigenvalue weighted by Crippen LogP contribution is 2.10. The first kappa shape index (κ1) is 27.0. The Morgan fingerprint density at radius 3 is 1.62 bits per heavy atom. The molecule has 4 N–H and O–H groups in total. The summed E-state index contributed by atoms with van der Waals surface area (Å²) in [5, 5.41) is 24.1. The van der Waals surface area contributed by atoms with E-state index in [0.29, 0.717) is 6.42 Å². The van der Waals surface area contributed by atoms with Gasteiger partial charge in [-0.2, -0.15) is 8.42 Å². The summed E-state index contributed by atoms with van der Waals surface area (Å²) in [4.78, 5) is 19.4. The summed E-state index contributed by atoms with van der Waals surface area (Å²) >= 11 is 0. The fourth-order valence-electron chi connectivity index (χ4n) is 2.01. The average Bonchev–Trinajstić information content (AvgIpc) is 2.51. The van der Waals surface area contributed by atoms with E-state index in [9.17, 15) is 18.0 Å². The standard InChI is InChI=1S/C12H26O4S.C4H6O5/c1-2-3-4-5-6-7-8-9-10-11-12-16-17(13,14)15;5-2(4(8)9)1-3(6)7/h2-12H2,1H3,(H,13,14,15);2,5H,1H2,(H,6,7)(H,8,9). The quantitative estimate of drug-likeness (QED) is 0.239.